The van der Waals surface area contributed by atoms with Crippen LogP contribution < -0.4 is 10.1 Å². The molecule has 0 aromatic heterocycles. The summed E-state index contributed by atoms with van der Waals surface area (Å²) in [5.74, 6) is -1.57. The average molecular weight is 378 g/mol. The zero-order chi connectivity index (χ0) is 18.7. The second kappa shape index (κ2) is 7.74. The van der Waals surface area contributed by atoms with Crippen LogP contribution >= 0.6 is 11.6 Å². The summed E-state index contributed by atoms with van der Waals surface area (Å²) in [6.45, 7) is 0.198. The molecule has 2 N–H and O–H groups in total. The number of halogens is 2. The lowest BCUT2D eigenvalue weighted by Gasteiger charge is -2.27. The minimum Gasteiger partial charge on any atom is -0.492 e. The maximum Gasteiger partial charge on any atom is 0.305 e. The van der Waals surface area contributed by atoms with E-state index >= 15 is 0 Å². The predicted octanol–water partition coefficient (Wildman–Crippen LogP) is 3.36. The van der Waals surface area contributed by atoms with E-state index < -0.39 is 23.7 Å². The van der Waals surface area contributed by atoms with Crippen LogP contribution in [0.4, 0.5) is 4.39 Å². The van der Waals surface area contributed by atoms with Gasteiger partial charge in [0.25, 0.3) is 0 Å². The molecule has 3 rings (SSSR count). The second-order valence-electron chi connectivity index (χ2n) is 6.17. The summed E-state index contributed by atoms with van der Waals surface area (Å²) in [5, 5.41) is 12.4. The minimum absolute atomic E-state index is 0.198. The molecule has 0 radical (unpaired) electrons. The first-order valence-corrected chi connectivity index (χ1v) is 8.49. The van der Waals surface area contributed by atoms with Crippen molar-refractivity contribution in [1.29, 1.82) is 0 Å². The third kappa shape index (κ3) is 4.32. The highest BCUT2D eigenvalue weighted by atomic mass is 35.5. The van der Waals surface area contributed by atoms with Gasteiger partial charge in [0.05, 0.1) is 18.4 Å². The zero-order valence-corrected chi connectivity index (χ0v) is 14.5. The molecule has 1 amide bonds. The van der Waals surface area contributed by atoms with E-state index in [4.69, 9.17) is 21.4 Å². The van der Waals surface area contributed by atoms with Gasteiger partial charge < -0.3 is 15.2 Å². The SMILES string of the molecule is O=C(O)CC(NC(=O)C1COc2ccc(Cl)cc2C1)c1ccc(F)cc1. The van der Waals surface area contributed by atoms with Crippen molar-refractivity contribution in [3.8, 4) is 5.75 Å². The number of carbonyl (C=O) groups excluding carboxylic acids is 1. The number of hydrogen-bond donors (Lipinski definition) is 2. The smallest absolute Gasteiger partial charge is 0.305 e. The number of rotatable bonds is 5. The summed E-state index contributed by atoms with van der Waals surface area (Å²) in [7, 11) is 0. The Morgan fingerprint density at radius 1 is 1.27 bits per heavy atom. The Kier molecular flexibility index (Phi) is 5.42. The van der Waals surface area contributed by atoms with Gasteiger partial charge in [-0.15, -0.1) is 0 Å². The van der Waals surface area contributed by atoms with Gasteiger partial charge in [-0.3, -0.25) is 9.59 Å². The third-order valence-corrected chi connectivity index (χ3v) is 4.50. The number of carbonyl (C=O) groups is 2. The highest BCUT2D eigenvalue weighted by Crippen LogP contribution is 2.30. The minimum atomic E-state index is -1.06. The molecule has 0 aliphatic carbocycles. The fourth-order valence-electron chi connectivity index (χ4n) is 2.94. The molecule has 2 atom stereocenters. The first kappa shape index (κ1) is 18.2. The van der Waals surface area contributed by atoms with E-state index in [1.807, 2.05) is 0 Å². The molecular weight excluding hydrogens is 361 g/mol. The third-order valence-electron chi connectivity index (χ3n) is 4.27. The highest BCUT2D eigenvalue weighted by Gasteiger charge is 2.28. The number of fused-ring (bicyclic) bond motifs is 1. The summed E-state index contributed by atoms with van der Waals surface area (Å²) in [6.07, 6.45) is 0.151. The molecular formula is C19H17ClFNO4. The van der Waals surface area contributed by atoms with Crippen LogP contribution in [0, 0.1) is 11.7 Å². The molecule has 0 spiro atoms. The molecule has 26 heavy (non-hydrogen) atoms. The normalized spacial score (nSPS) is 16.9. The quantitative estimate of drug-likeness (QED) is 0.837. The van der Waals surface area contributed by atoms with Crippen molar-refractivity contribution in [2.45, 2.75) is 18.9 Å². The lowest BCUT2D eigenvalue weighted by Crippen LogP contribution is -2.39. The van der Waals surface area contributed by atoms with E-state index in [1.165, 1.54) is 24.3 Å². The number of carboxylic acid groups (broad SMARTS) is 1. The number of ether oxygens (including phenoxy) is 1. The number of hydrogen-bond acceptors (Lipinski definition) is 3. The Bertz CT molecular complexity index is 825. The molecule has 5 nitrogen and oxygen atoms in total. The van der Waals surface area contributed by atoms with E-state index in [2.05, 4.69) is 5.32 Å². The summed E-state index contributed by atoms with van der Waals surface area (Å²) in [6, 6.07) is 9.89. The molecule has 1 heterocycles. The molecule has 1 aliphatic rings. The van der Waals surface area contributed by atoms with Crippen LogP contribution in [0.1, 0.15) is 23.6 Å². The molecule has 2 aromatic carbocycles. The number of amides is 1. The van der Waals surface area contributed by atoms with Gasteiger partial charge in [0, 0.05) is 5.02 Å². The summed E-state index contributed by atoms with van der Waals surface area (Å²) in [5.41, 5.74) is 1.36. The van der Waals surface area contributed by atoms with Crippen LogP contribution in [0.3, 0.4) is 0 Å². The number of aliphatic carboxylic acids is 1. The van der Waals surface area contributed by atoms with E-state index in [1.54, 1.807) is 18.2 Å². The molecule has 2 aromatic rings. The lowest BCUT2D eigenvalue weighted by atomic mass is 9.95. The maximum atomic E-state index is 13.1. The van der Waals surface area contributed by atoms with Crippen molar-refractivity contribution < 1.29 is 23.8 Å². The van der Waals surface area contributed by atoms with Gasteiger partial charge in [0.2, 0.25) is 5.91 Å². The summed E-state index contributed by atoms with van der Waals surface area (Å²) < 4.78 is 18.7. The van der Waals surface area contributed by atoms with Crippen molar-refractivity contribution in [2.75, 3.05) is 6.61 Å². The van der Waals surface area contributed by atoms with Crippen LogP contribution in [0.2, 0.25) is 5.02 Å². The van der Waals surface area contributed by atoms with Crippen molar-refractivity contribution in [3.63, 3.8) is 0 Å². The molecule has 1 aliphatic heterocycles. The van der Waals surface area contributed by atoms with Crippen LogP contribution in [-0.4, -0.2) is 23.6 Å². The number of carboxylic acids is 1. The van der Waals surface area contributed by atoms with Gasteiger partial charge in [0.1, 0.15) is 18.2 Å². The summed E-state index contributed by atoms with van der Waals surface area (Å²) >= 11 is 5.99. The van der Waals surface area contributed by atoms with Crippen LogP contribution in [0.5, 0.6) is 5.75 Å². The van der Waals surface area contributed by atoms with Gasteiger partial charge in [-0.2, -0.15) is 0 Å². The van der Waals surface area contributed by atoms with Crippen molar-refractivity contribution in [2.24, 2.45) is 5.92 Å². The average Bonchev–Trinajstić information content (AvgIpc) is 2.60. The molecule has 0 bridgehead atoms. The highest BCUT2D eigenvalue weighted by molar-refractivity contribution is 6.30. The van der Waals surface area contributed by atoms with Crippen LogP contribution in [0.25, 0.3) is 0 Å². The van der Waals surface area contributed by atoms with Gasteiger partial charge in [0.15, 0.2) is 0 Å². The standard InChI is InChI=1S/C19H17ClFNO4/c20-14-3-6-17-12(8-14)7-13(10-26-17)19(25)22-16(9-18(23)24)11-1-4-15(21)5-2-11/h1-6,8,13,16H,7,9-10H2,(H,22,25)(H,23,24). The lowest BCUT2D eigenvalue weighted by molar-refractivity contribution is -0.138. The van der Waals surface area contributed by atoms with E-state index in [-0.39, 0.29) is 18.9 Å². The Morgan fingerprint density at radius 2 is 2.00 bits per heavy atom. The van der Waals surface area contributed by atoms with E-state index in [0.717, 1.165) is 5.56 Å². The molecule has 0 saturated carbocycles. The molecule has 7 heteroatoms. The number of benzene rings is 2. The monoisotopic (exact) mass is 377 g/mol. The second-order valence-corrected chi connectivity index (χ2v) is 6.61. The fraction of sp³-hybridized carbons (Fsp3) is 0.263. The molecule has 136 valence electrons. The van der Waals surface area contributed by atoms with E-state index in [0.29, 0.717) is 22.8 Å². The molecule has 0 fully saturated rings. The predicted molar refractivity (Wildman–Crippen MR) is 93.7 cm³/mol. The van der Waals surface area contributed by atoms with Gasteiger partial charge in [-0.1, -0.05) is 23.7 Å². The first-order chi connectivity index (χ1) is 12.4. The zero-order valence-electron chi connectivity index (χ0n) is 13.7. The van der Waals surface area contributed by atoms with Crippen LogP contribution in [-0.2, 0) is 16.0 Å². The van der Waals surface area contributed by atoms with Gasteiger partial charge in [-0.25, -0.2) is 4.39 Å². The largest absolute Gasteiger partial charge is 0.492 e. The topological polar surface area (TPSA) is 75.6 Å². The van der Waals surface area contributed by atoms with Crippen LogP contribution in [0.15, 0.2) is 42.5 Å². The fourth-order valence-corrected chi connectivity index (χ4v) is 3.14. The maximum absolute atomic E-state index is 13.1. The Hall–Kier alpha value is -2.60. The molecule has 2 unspecified atom stereocenters. The Balaban J connectivity index is 1.73. The Morgan fingerprint density at radius 3 is 2.69 bits per heavy atom. The van der Waals surface area contributed by atoms with Crippen molar-refractivity contribution in [1.82, 2.24) is 5.32 Å². The first-order valence-electron chi connectivity index (χ1n) is 8.11. The van der Waals surface area contributed by atoms with Crippen molar-refractivity contribution in [3.05, 3.63) is 64.4 Å². The number of nitrogens with one attached hydrogen (secondary N) is 1. The van der Waals surface area contributed by atoms with Crippen molar-refractivity contribution >= 4 is 23.5 Å². The van der Waals surface area contributed by atoms with E-state index in [9.17, 15) is 14.0 Å². The summed E-state index contributed by atoms with van der Waals surface area (Å²) in [4.78, 5) is 23.8. The van der Waals surface area contributed by atoms with Gasteiger partial charge >= 0.3 is 5.97 Å². The van der Waals surface area contributed by atoms with Gasteiger partial charge in [-0.05, 0) is 47.9 Å². The Labute approximate surface area is 154 Å². The molecule has 0 saturated heterocycles.